The largest absolute Gasteiger partial charge is 0.477 e. The second-order valence-corrected chi connectivity index (χ2v) is 3.75. The van der Waals surface area contributed by atoms with Crippen molar-refractivity contribution < 1.29 is 9.90 Å². The van der Waals surface area contributed by atoms with Crippen LogP contribution in [0.5, 0.6) is 0 Å². The maximum Gasteiger partial charge on any atom is 0.354 e. The predicted octanol–water partition coefficient (Wildman–Crippen LogP) is 1.77. The molecular formula is C11H14N2O2. The maximum atomic E-state index is 10.8. The minimum atomic E-state index is -0.964. The van der Waals surface area contributed by atoms with Crippen LogP contribution in [-0.4, -0.2) is 29.1 Å². The van der Waals surface area contributed by atoms with E-state index < -0.39 is 5.97 Å². The lowest BCUT2D eigenvalue weighted by atomic mass is 10.1. The fraction of sp³-hybridized carbons (Fsp3) is 0.455. The van der Waals surface area contributed by atoms with Crippen LogP contribution in [0.1, 0.15) is 29.8 Å². The predicted molar refractivity (Wildman–Crippen MR) is 57.3 cm³/mol. The summed E-state index contributed by atoms with van der Waals surface area (Å²) in [6, 6.07) is 3.52. The fourth-order valence-electron chi connectivity index (χ4n) is 1.89. The van der Waals surface area contributed by atoms with Crippen LogP contribution in [-0.2, 0) is 0 Å². The topological polar surface area (TPSA) is 53.4 Å². The monoisotopic (exact) mass is 206 g/mol. The highest BCUT2D eigenvalue weighted by Gasteiger charge is 2.13. The second kappa shape index (κ2) is 4.29. The molecule has 0 atom stereocenters. The molecule has 1 aliphatic rings. The van der Waals surface area contributed by atoms with Crippen molar-refractivity contribution in [3.05, 3.63) is 24.0 Å². The van der Waals surface area contributed by atoms with Crippen LogP contribution in [0.4, 0.5) is 5.69 Å². The first-order chi connectivity index (χ1) is 7.27. The van der Waals surface area contributed by atoms with Crippen LogP contribution in [0, 0.1) is 0 Å². The van der Waals surface area contributed by atoms with Gasteiger partial charge in [0.2, 0.25) is 0 Å². The van der Waals surface area contributed by atoms with E-state index >= 15 is 0 Å². The van der Waals surface area contributed by atoms with Crippen molar-refractivity contribution in [3.63, 3.8) is 0 Å². The Kier molecular flexibility index (Phi) is 2.85. The Hall–Kier alpha value is -1.58. The van der Waals surface area contributed by atoms with Gasteiger partial charge in [0.15, 0.2) is 0 Å². The molecular weight excluding hydrogens is 192 g/mol. The van der Waals surface area contributed by atoms with Crippen molar-refractivity contribution in [1.29, 1.82) is 0 Å². The Morgan fingerprint density at radius 1 is 1.33 bits per heavy atom. The number of carboxylic acid groups (broad SMARTS) is 1. The Morgan fingerprint density at radius 3 is 2.73 bits per heavy atom. The molecule has 2 rings (SSSR count). The van der Waals surface area contributed by atoms with E-state index in [-0.39, 0.29) is 5.69 Å². The standard InChI is InChI=1S/C11H14N2O2/c14-11(15)10-8-9(4-5-12-10)13-6-2-1-3-7-13/h4-5,8H,1-3,6-7H2,(H,14,15). The minimum absolute atomic E-state index is 0.123. The van der Waals surface area contributed by atoms with E-state index in [9.17, 15) is 4.79 Å². The summed E-state index contributed by atoms with van der Waals surface area (Å²) in [5.41, 5.74) is 1.10. The van der Waals surface area contributed by atoms with Gasteiger partial charge in [-0.3, -0.25) is 0 Å². The average Bonchev–Trinajstić information content (AvgIpc) is 2.30. The van der Waals surface area contributed by atoms with Gasteiger partial charge in [-0.05, 0) is 31.4 Å². The molecule has 1 fully saturated rings. The lowest BCUT2D eigenvalue weighted by molar-refractivity contribution is 0.0690. The number of anilines is 1. The molecule has 0 unspecified atom stereocenters. The summed E-state index contributed by atoms with van der Waals surface area (Å²) in [6.07, 6.45) is 5.20. The summed E-state index contributed by atoms with van der Waals surface area (Å²) in [5.74, 6) is -0.964. The number of hydrogen-bond acceptors (Lipinski definition) is 3. The lowest BCUT2D eigenvalue weighted by Crippen LogP contribution is -2.29. The van der Waals surface area contributed by atoms with Crippen molar-refractivity contribution >= 4 is 11.7 Å². The number of nitrogens with zero attached hydrogens (tertiary/aromatic N) is 2. The molecule has 0 bridgehead atoms. The van der Waals surface area contributed by atoms with Crippen LogP contribution >= 0.6 is 0 Å². The highest BCUT2D eigenvalue weighted by atomic mass is 16.4. The second-order valence-electron chi connectivity index (χ2n) is 3.75. The van der Waals surface area contributed by atoms with E-state index in [1.54, 1.807) is 12.3 Å². The summed E-state index contributed by atoms with van der Waals surface area (Å²) in [6.45, 7) is 2.03. The molecule has 0 aromatic carbocycles. The van der Waals surface area contributed by atoms with Gasteiger partial charge in [-0.2, -0.15) is 0 Å². The smallest absolute Gasteiger partial charge is 0.354 e. The quantitative estimate of drug-likeness (QED) is 0.801. The number of rotatable bonds is 2. The lowest BCUT2D eigenvalue weighted by Gasteiger charge is -2.28. The van der Waals surface area contributed by atoms with Crippen LogP contribution in [0.2, 0.25) is 0 Å². The maximum absolute atomic E-state index is 10.8. The number of pyridine rings is 1. The first kappa shape index (κ1) is 9.96. The fourth-order valence-corrected chi connectivity index (χ4v) is 1.89. The van der Waals surface area contributed by atoms with Gasteiger partial charge >= 0.3 is 5.97 Å². The molecule has 1 aromatic rings. The zero-order valence-electron chi connectivity index (χ0n) is 8.52. The Labute approximate surface area is 88.6 Å². The van der Waals surface area contributed by atoms with Crippen molar-refractivity contribution in [1.82, 2.24) is 4.98 Å². The number of hydrogen-bond donors (Lipinski definition) is 1. The molecule has 0 saturated carbocycles. The van der Waals surface area contributed by atoms with Gasteiger partial charge in [0.05, 0.1) is 0 Å². The van der Waals surface area contributed by atoms with Crippen LogP contribution in [0.15, 0.2) is 18.3 Å². The van der Waals surface area contributed by atoms with Gasteiger partial charge in [-0.25, -0.2) is 9.78 Å². The number of aromatic nitrogens is 1. The molecule has 0 aliphatic carbocycles. The van der Waals surface area contributed by atoms with E-state index in [4.69, 9.17) is 5.11 Å². The third-order valence-corrected chi connectivity index (χ3v) is 2.68. The Bertz CT molecular complexity index is 359. The summed E-state index contributed by atoms with van der Waals surface area (Å²) in [5, 5.41) is 8.83. The molecule has 4 heteroatoms. The van der Waals surface area contributed by atoms with Crippen LogP contribution in [0.25, 0.3) is 0 Å². The number of piperidine rings is 1. The van der Waals surface area contributed by atoms with E-state index in [0.717, 1.165) is 18.8 Å². The number of carbonyl (C=O) groups is 1. The highest BCUT2D eigenvalue weighted by Crippen LogP contribution is 2.19. The summed E-state index contributed by atoms with van der Waals surface area (Å²) >= 11 is 0. The SMILES string of the molecule is O=C(O)c1cc(N2CCCCC2)ccn1. The van der Waals surface area contributed by atoms with E-state index in [0.29, 0.717) is 0 Å². The molecule has 1 aromatic heterocycles. The van der Waals surface area contributed by atoms with Crippen molar-refractivity contribution in [2.45, 2.75) is 19.3 Å². The third kappa shape index (κ3) is 2.26. The van der Waals surface area contributed by atoms with Gasteiger partial charge in [0.25, 0.3) is 0 Å². The number of carboxylic acids is 1. The summed E-state index contributed by atoms with van der Waals surface area (Å²) < 4.78 is 0. The van der Waals surface area contributed by atoms with E-state index in [1.165, 1.54) is 19.3 Å². The summed E-state index contributed by atoms with van der Waals surface area (Å²) in [4.78, 5) is 16.8. The number of aromatic carboxylic acids is 1. The van der Waals surface area contributed by atoms with Gasteiger partial charge in [0, 0.05) is 25.0 Å². The summed E-state index contributed by atoms with van der Waals surface area (Å²) in [7, 11) is 0. The van der Waals surface area contributed by atoms with Crippen LogP contribution in [0.3, 0.4) is 0 Å². The zero-order chi connectivity index (χ0) is 10.7. The van der Waals surface area contributed by atoms with Gasteiger partial charge < -0.3 is 10.0 Å². The first-order valence-electron chi connectivity index (χ1n) is 5.21. The molecule has 1 saturated heterocycles. The van der Waals surface area contributed by atoms with E-state index in [1.807, 2.05) is 6.07 Å². The first-order valence-corrected chi connectivity index (χ1v) is 5.21. The molecule has 80 valence electrons. The molecule has 15 heavy (non-hydrogen) atoms. The van der Waals surface area contributed by atoms with Crippen LogP contribution < -0.4 is 4.90 Å². The van der Waals surface area contributed by atoms with E-state index in [2.05, 4.69) is 9.88 Å². The zero-order valence-corrected chi connectivity index (χ0v) is 8.52. The van der Waals surface area contributed by atoms with Gasteiger partial charge in [-0.1, -0.05) is 0 Å². The Balaban J connectivity index is 2.19. The molecule has 1 N–H and O–H groups in total. The van der Waals surface area contributed by atoms with Crippen molar-refractivity contribution in [3.8, 4) is 0 Å². The highest BCUT2D eigenvalue weighted by molar-refractivity contribution is 5.86. The van der Waals surface area contributed by atoms with Crippen molar-refractivity contribution in [2.75, 3.05) is 18.0 Å². The molecule has 0 spiro atoms. The molecule has 2 heterocycles. The van der Waals surface area contributed by atoms with Crippen molar-refractivity contribution in [2.24, 2.45) is 0 Å². The van der Waals surface area contributed by atoms with Gasteiger partial charge in [-0.15, -0.1) is 0 Å². The molecule has 0 amide bonds. The average molecular weight is 206 g/mol. The molecule has 1 aliphatic heterocycles. The molecule has 4 nitrogen and oxygen atoms in total. The Morgan fingerprint density at radius 2 is 2.07 bits per heavy atom. The normalized spacial score (nSPS) is 16.4. The molecule has 0 radical (unpaired) electrons. The third-order valence-electron chi connectivity index (χ3n) is 2.68. The van der Waals surface area contributed by atoms with Gasteiger partial charge in [0.1, 0.15) is 5.69 Å². The minimum Gasteiger partial charge on any atom is -0.477 e.